The maximum atomic E-state index is 13.2. The Morgan fingerprint density at radius 2 is 1.96 bits per heavy atom. The highest BCUT2D eigenvalue weighted by atomic mass is 19.1. The molecular weight excluding hydrogens is 345 g/mol. The van der Waals surface area contributed by atoms with Crippen molar-refractivity contribution in [2.24, 2.45) is 5.92 Å². The van der Waals surface area contributed by atoms with Gasteiger partial charge in [0.15, 0.2) is 5.65 Å². The minimum Gasteiger partial charge on any atom is -0.370 e. The maximum absolute atomic E-state index is 13.2. The summed E-state index contributed by atoms with van der Waals surface area (Å²) in [4.78, 5) is 27.5. The normalized spacial score (nSPS) is 15.1. The summed E-state index contributed by atoms with van der Waals surface area (Å²) >= 11 is 0. The Labute approximate surface area is 156 Å². The lowest BCUT2D eigenvalue weighted by molar-refractivity contribution is -0.125. The fraction of sp³-hybridized carbons (Fsp3) is 0.300. The molecule has 1 N–H and O–H groups in total. The van der Waals surface area contributed by atoms with E-state index in [2.05, 4.69) is 25.2 Å². The van der Waals surface area contributed by atoms with Crippen LogP contribution in [0.4, 0.5) is 10.1 Å². The zero-order valence-corrected chi connectivity index (χ0v) is 14.8. The molecule has 0 bridgehead atoms. The Kier molecular flexibility index (Phi) is 4.91. The number of pyridine rings is 1. The molecule has 6 nitrogen and oxygen atoms in total. The zero-order chi connectivity index (χ0) is 18.6. The van der Waals surface area contributed by atoms with Gasteiger partial charge in [0, 0.05) is 37.9 Å². The van der Waals surface area contributed by atoms with Crippen molar-refractivity contribution in [3.8, 4) is 0 Å². The monoisotopic (exact) mass is 365 g/mol. The number of hydrogen-bond acceptors (Lipinski definition) is 5. The van der Waals surface area contributed by atoms with Gasteiger partial charge in [0.05, 0.1) is 11.9 Å². The molecular formula is C20H20FN5O. The molecule has 7 heteroatoms. The van der Waals surface area contributed by atoms with E-state index in [-0.39, 0.29) is 17.6 Å². The van der Waals surface area contributed by atoms with Gasteiger partial charge in [0.2, 0.25) is 5.91 Å². The Morgan fingerprint density at radius 1 is 1.15 bits per heavy atom. The number of carbonyl (C=O) groups is 1. The summed E-state index contributed by atoms with van der Waals surface area (Å²) in [6.45, 7) is 1.92. The quantitative estimate of drug-likeness (QED) is 0.770. The number of halogens is 1. The molecule has 1 amide bonds. The smallest absolute Gasteiger partial charge is 0.223 e. The number of nitrogens with zero attached hydrogens (tertiary/aromatic N) is 4. The van der Waals surface area contributed by atoms with E-state index in [1.807, 2.05) is 12.1 Å². The van der Waals surface area contributed by atoms with E-state index in [1.54, 1.807) is 24.7 Å². The number of hydrogen-bond donors (Lipinski definition) is 1. The Hall–Kier alpha value is -3.09. The van der Waals surface area contributed by atoms with Gasteiger partial charge in [-0.1, -0.05) is 12.1 Å². The van der Waals surface area contributed by atoms with E-state index in [0.29, 0.717) is 12.2 Å². The van der Waals surface area contributed by atoms with E-state index >= 15 is 0 Å². The van der Waals surface area contributed by atoms with Crippen molar-refractivity contribution in [2.45, 2.75) is 19.4 Å². The van der Waals surface area contributed by atoms with Crippen molar-refractivity contribution in [1.82, 2.24) is 20.3 Å². The van der Waals surface area contributed by atoms with Crippen LogP contribution in [-0.2, 0) is 11.3 Å². The van der Waals surface area contributed by atoms with Gasteiger partial charge < -0.3 is 10.2 Å². The standard InChI is InChI=1S/C20H20FN5O/c21-16-3-1-2-14(10-16)12-25-20(27)15-4-8-26(9-5-15)17-11-18-19(24-13-17)23-7-6-22-18/h1-3,6-7,10-11,13,15H,4-5,8-9,12H2,(H,25,27). The molecule has 27 heavy (non-hydrogen) atoms. The summed E-state index contributed by atoms with van der Waals surface area (Å²) in [5.74, 6) is -0.284. The summed E-state index contributed by atoms with van der Waals surface area (Å²) < 4.78 is 13.2. The second-order valence-corrected chi connectivity index (χ2v) is 6.70. The lowest BCUT2D eigenvalue weighted by atomic mass is 9.95. The highest BCUT2D eigenvalue weighted by Gasteiger charge is 2.25. The first-order valence-electron chi connectivity index (χ1n) is 9.03. The molecule has 0 radical (unpaired) electrons. The zero-order valence-electron chi connectivity index (χ0n) is 14.8. The van der Waals surface area contributed by atoms with Crippen molar-refractivity contribution < 1.29 is 9.18 Å². The van der Waals surface area contributed by atoms with Gasteiger partial charge in [0.25, 0.3) is 0 Å². The van der Waals surface area contributed by atoms with Gasteiger partial charge in [-0.2, -0.15) is 0 Å². The van der Waals surface area contributed by atoms with Gasteiger partial charge in [-0.25, -0.2) is 14.4 Å². The van der Waals surface area contributed by atoms with E-state index < -0.39 is 0 Å². The van der Waals surface area contributed by atoms with Crippen molar-refractivity contribution in [2.75, 3.05) is 18.0 Å². The minimum atomic E-state index is -0.288. The molecule has 3 aromatic rings. The number of aromatic nitrogens is 3. The average molecular weight is 365 g/mol. The fourth-order valence-electron chi connectivity index (χ4n) is 3.40. The number of nitrogens with one attached hydrogen (secondary N) is 1. The lowest BCUT2D eigenvalue weighted by Gasteiger charge is -2.32. The van der Waals surface area contributed by atoms with Gasteiger partial charge >= 0.3 is 0 Å². The van der Waals surface area contributed by atoms with Crippen LogP contribution in [0, 0.1) is 11.7 Å². The predicted octanol–water partition coefficient (Wildman–Crippen LogP) is 2.70. The van der Waals surface area contributed by atoms with Crippen molar-refractivity contribution in [3.63, 3.8) is 0 Å². The van der Waals surface area contributed by atoms with Crippen LogP contribution in [0.3, 0.4) is 0 Å². The number of piperidine rings is 1. The maximum Gasteiger partial charge on any atom is 0.223 e. The molecule has 0 aliphatic carbocycles. The largest absolute Gasteiger partial charge is 0.370 e. The minimum absolute atomic E-state index is 0.0250. The first kappa shape index (κ1) is 17.3. The van der Waals surface area contributed by atoms with Crippen LogP contribution in [0.25, 0.3) is 11.2 Å². The van der Waals surface area contributed by atoms with Crippen molar-refractivity contribution in [1.29, 1.82) is 0 Å². The van der Waals surface area contributed by atoms with Gasteiger partial charge in [0.1, 0.15) is 11.3 Å². The molecule has 0 atom stereocenters. The molecule has 1 aromatic carbocycles. The molecule has 0 saturated carbocycles. The number of benzene rings is 1. The fourth-order valence-corrected chi connectivity index (χ4v) is 3.40. The summed E-state index contributed by atoms with van der Waals surface area (Å²) in [6.07, 6.45) is 6.63. The number of fused-ring (bicyclic) bond motifs is 1. The third-order valence-electron chi connectivity index (χ3n) is 4.90. The number of amides is 1. The highest BCUT2D eigenvalue weighted by molar-refractivity contribution is 5.79. The molecule has 1 aliphatic rings. The highest BCUT2D eigenvalue weighted by Crippen LogP contribution is 2.24. The lowest BCUT2D eigenvalue weighted by Crippen LogP contribution is -2.40. The van der Waals surface area contributed by atoms with Gasteiger partial charge in [-0.3, -0.25) is 9.78 Å². The topological polar surface area (TPSA) is 71.0 Å². The summed E-state index contributed by atoms with van der Waals surface area (Å²) in [5, 5.41) is 2.92. The summed E-state index contributed by atoms with van der Waals surface area (Å²) in [6, 6.07) is 8.28. The van der Waals surface area contributed by atoms with E-state index in [0.717, 1.165) is 42.7 Å². The molecule has 1 fully saturated rings. The van der Waals surface area contributed by atoms with Crippen molar-refractivity contribution >= 4 is 22.8 Å². The molecule has 1 saturated heterocycles. The Balaban J connectivity index is 1.33. The van der Waals surface area contributed by atoms with Crippen LogP contribution in [0.15, 0.2) is 48.9 Å². The Bertz CT molecular complexity index is 956. The van der Waals surface area contributed by atoms with Crippen LogP contribution >= 0.6 is 0 Å². The van der Waals surface area contributed by atoms with Gasteiger partial charge in [-0.05, 0) is 36.6 Å². The Morgan fingerprint density at radius 3 is 2.78 bits per heavy atom. The predicted molar refractivity (Wildman–Crippen MR) is 101 cm³/mol. The van der Waals surface area contributed by atoms with Crippen LogP contribution in [-0.4, -0.2) is 33.9 Å². The first-order valence-corrected chi connectivity index (χ1v) is 9.03. The van der Waals surface area contributed by atoms with Crippen LogP contribution < -0.4 is 10.2 Å². The van der Waals surface area contributed by atoms with Gasteiger partial charge in [-0.15, -0.1) is 0 Å². The van der Waals surface area contributed by atoms with Crippen LogP contribution in [0.5, 0.6) is 0 Å². The number of anilines is 1. The second kappa shape index (κ2) is 7.65. The summed E-state index contributed by atoms with van der Waals surface area (Å²) in [7, 11) is 0. The van der Waals surface area contributed by atoms with E-state index in [9.17, 15) is 9.18 Å². The molecule has 2 aromatic heterocycles. The van der Waals surface area contributed by atoms with E-state index in [1.165, 1.54) is 12.1 Å². The molecule has 138 valence electrons. The average Bonchev–Trinajstić information content (AvgIpc) is 2.72. The van der Waals surface area contributed by atoms with Crippen LogP contribution in [0.2, 0.25) is 0 Å². The molecule has 0 spiro atoms. The number of carbonyl (C=O) groups excluding carboxylic acids is 1. The third kappa shape index (κ3) is 4.02. The van der Waals surface area contributed by atoms with Crippen molar-refractivity contribution in [3.05, 3.63) is 60.3 Å². The third-order valence-corrected chi connectivity index (χ3v) is 4.90. The molecule has 4 rings (SSSR count). The molecule has 0 unspecified atom stereocenters. The van der Waals surface area contributed by atoms with Crippen LogP contribution in [0.1, 0.15) is 18.4 Å². The molecule has 1 aliphatic heterocycles. The SMILES string of the molecule is O=C(NCc1cccc(F)c1)C1CCN(c2cnc3nccnc3c2)CC1. The number of rotatable bonds is 4. The summed E-state index contributed by atoms with van der Waals surface area (Å²) in [5.41, 5.74) is 3.17. The first-order chi connectivity index (χ1) is 13.2. The molecule has 3 heterocycles. The van der Waals surface area contributed by atoms with E-state index in [4.69, 9.17) is 0 Å². The second-order valence-electron chi connectivity index (χ2n) is 6.70.